The van der Waals surface area contributed by atoms with Crippen LogP contribution in [0, 0.1) is 12.7 Å². The third-order valence-electron chi connectivity index (χ3n) is 5.60. The van der Waals surface area contributed by atoms with E-state index in [-0.39, 0.29) is 22.7 Å². The first-order chi connectivity index (χ1) is 16.7. The molecule has 1 aliphatic rings. The number of hydrogen-bond acceptors (Lipinski definition) is 3. The van der Waals surface area contributed by atoms with Gasteiger partial charge in [-0.15, -0.1) is 0 Å². The quantitative estimate of drug-likeness (QED) is 0.285. The van der Waals surface area contributed by atoms with Crippen molar-refractivity contribution < 1.29 is 17.6 Å². The predicted molar refractivity (Wildman–Crippen MR) is 138 cm³/mol. The van der Waals surface area contributed by atoms with Gasteiger partial charge in [0.1, 0.15) is 5.82 Å². The molecular formula is C26H23F4N3S2. The summed E-state index contributed by atoms with van der Waals surface area (Å²) in [5.41, 5.74) is 2.42. The fraction of sp³-hybridized carbons (Fsp3) is 0.231. The number of aryl methyl sites for hydroxylation is 1. The van der Waals surface area contributed by atoms with E-state index < -0.39 is 11.7 Å². The maximum absolute atomic E-state index is 13.8. The molecule has 35 heavy (non-hydrogen) atoms. The molecule has 1 fully saturated rings. The van der Waals surface area contributed by atoms with Crippen molar-refractivity contribution in [1.29, 1.82) is 0 Å². The van der Waals surface area contributed by atoms with Crippen LogP contribution >= 0.6 is 24.0 Å². The van der Waals surface area contributed by atoms with Crippen LogP contribution in [-0.4, -0.2) is 27.5 Å². The lowest BCUT2D eigenvalue weighted by atomic mass is 9.96. The minimum absolute atomic E-state index is 0.260. The Labute approximate surface area is 211 Å². The van der Waals surface area contributed by atoms with Gasteiger partial charge in [0.2, 0.25) is 0 Å². The Balaban J connectivity index is 1.60. The topological polar surface area (TPSA) is 27.6 Å². The van der Waals surface area contributed by atoms with Gasteiger partial charge >= 0.3 is 6.18 Å². The average molecular weight is 518 g/mol. The summed E-state index contributed by atoms with van der Waals surface area (Å²) in [5.74, 6) is 0.436. The van der Waals surface area contributed by atoms with Gasteiger partial charge in [0.25, 0.3) is 0 Å². The van der Waals surface area contributed by atoms with Gasteiger partial charge in [0.05, 0.1) is 11.6 Å². The van der Waals surface area contributed by atoms with Crippen LogP contribution in [0.5, 0.6) is 0 Å². The number of benzene rings is 3. The molecule has 4 rings (SSSR count). The highest BCUT2D eigenvalue weighted by atomic mass is 32.2. The number of anilines is 1. The highest BCUT2D eigenvalue weighted by molar-refractivity contribution is 8.14. The minimum Gasteiger partial charge on any atom is -0.332 e. The van der Waals surface area contributed by atoms with Crippen molar-refractivity contribution in [2.45, 2.75) is 25.6 Å². The maximum Gasteiger partial charge on any atom is 0.416 e. The molecule has 1 unspecified atom stereocenters. The third-order valence-corrected chi connectivity index (χ3v) is 6.89. The van der Waals surface area contributed by atoms with Crippen LogP contribution in [0.1, 0.15) is 28.3 Å². The normalized spacial score (nSPS) is 15.9. The van der Waals surface area contributed by atoms with Crippen molar-refractivity contribution in [3.63, 3.8) is 0 Å². The standard InChI is InChI=1S/C26H23F4N3S2/c1-17-6-2-3-11-22(17)23(15-18-7-4-9-20(27)14-18)32-25-33(12-13-35-25)24(34)31-21-10-5-8-19(16-21)26(28,29)30/h2-11,14,16,23H,12-13,15H2,1H3,(H,31,34). The highest BCUT2D eigenvalue weighted by Gasteiger charge is 2.31. The second kappa shape index (κ2) is 10.8. The first kappa shape index (κ1) is 25.2. The summed E-state index contributed by atoms with van der Waals surface area (Å²) in [6.07, 6.45) is -3.94. The molecule has 0 radical (unpaired) electrons. The number of halogens is 4. The number of alkyl halides is 3. The average Bonchev–Trinajstić information content (AvgIpc) is 3.27. The summed E-state index contributed by atoms with van der Waals surface area (Å²) in [6.45, 7) is 2.59. The summed E-state index contributed by atoms with van der Waals surface area (Å²) in [5, 5.41) is 3.88. The molecule has 1 aliphatic heterocycles. The Morgan fingerprint density at radius 3 is 2.60 bits per heavy atom. The SMILES string of the molecule is Cc1ccccc1C(Cc1cccc(F)c1)N=C1SCCN1C(=S)Nc1cccc(C(F)(F)F)c1. The molecule has 3 aromatic rings. The molecule has 0 amide bonds. The Morgan fingerprint density at radius 1 is 1.09 bits per heavy atom. The number of amidine groups is 1. The van der Waals surface area contributed by atoms with Crippen LogP contribution in [0.3, 0.4) is 0 Å². The number of thiocarbonyl (C=S) groups is 1. The first-order valence-corrected chi connectivity index (χ1v) is 12.4. The molecule has 182 valence electrons. The van der Waals surface area contributed by atoms with Crippen molar-refractivity contribution in [3.05, 3.63) is 101 Å². The van der Waals surface area contributed by atoms with E-state index >= 15 is 0 Å². The molecule has 1 saturated heterocycles. The van der Waals surface area contributed by atoms with E-state index in [1.807, 2.05) is 37.3 Å². The van der Waals surface area contributed by atoms with Crippen molar-refractivity contribution in [1.82, 2.24) is 4.90 Å². The van der Waals surface area contributed by atoms with Crippen molar-refractivity contribution in [3.8, 4) is 0 Å². The second-order valence-electron chi connectivity index (χ2n) is 8.13. The summed E-state index contributed by atoms with van der Waals surface area (Å²) >= 11 is 7.08. The van der Waals surface area contributed by atoms with E-state index in [0.29, 0.717) is 18.1 Å². The van der Waals surface area contributed by atoms with Gasteiger partial charge in [0.15, 0.2) is 10.3 Å². The van der Waals surface area contributed by atoms with E-state index in [4.69, 9.17) is 17.2 Å². The first-order valence-electron chi connectivity index (χ1n) is 11.0. The van der Waals surface area contributed by atoms with Crippen molar-refractivity contribution in [2.75, 3.05) is 17.6 Å². The van der Waals surface area contributed by atoms with Crippen molar-refractivity contribution in [2.24, 2.45) is 4.99 Å². The predicted octanol–water partition coefficient (Wildman–Crippen LogP) is 7.24. The Kier molecular flexibility index (Phi) is 7.76. The van der Waals surface area contributed by atoms with Crippen LogP contribution in [0.25, 0.3) is 0 Å². The van der Waals surface area contributed by atoms with Gasteiger partial charge in [-0.2, -0.15) is 13.2 Å². The lowest BCUT2D eigenvalue weighted by molar-refractivity contribution is -0.137. The highest BCUT2D eigenvalue weighted by Crippen LogP contribution is 2.32. The van der Waals surface area contributed by atoms with Crippen LogP contribution in [-0.2, 0) is 12.6 Å². The lowest BCUT2D eigenvalue weighted by Gasteiger charge is -2.23. The summed E-state index contributed by atoms with van der Waals surface area (Å²) in [7, 11) is 0. The zero-order chi connectivity index (χ0) is 25.0. The van der Waals surface area contributed by atoms with E-state index in [2.05, 4.69) is 5.32 Å². The Hall–Kier alpha value is -2.91. The minimum atomic E-state index is -4.44. The van der Waals surface area contributed by atoms with Gasteiger partial charge in [-0.05, 0) is 72.6 Å². The number of hydrogen-bond donors (Lipinski definition) is 1. The van der Waals surface area contributed by atoms with Gasteiger partial charge < -0.3 is 5.32 Å². The van der Waals surface area contributed by atoms with Gasteiger partial charge in [0, 0.05) is 18.0 Å². The largest absolute Gasteiger partial charge is 0.416 e. The molecule has 0 bridgehead atoms. The van der Waals surface area contributed by atoms with Crippen LogP contribution < -0.4 is 5.32 Å². The smallest absolute Gasteiger partial charge is 0.332 e. The number of thioether (sulfide) groups is 1. The second-order valence-corrected chi connectivity index (χ2v) is 9.58. The molecule has 1 atom stereocenters. The molecular weight excluding hydrogens is 494 g/mol. The molecule has 1 heterocycles. The number of rotatable bonds is 5. The fourth-order valence-electron chi connectivity index (χ4n) is 3.87. The molecule has 1 N–H and O–H groups in total. The van der Waals surface area contributed by atoms with Crippen molar-refractivity contribution >= 4 is 39.9 Å². The van der Waals surface area contributed by atoms with E-state index in [9.17, 15) is 17.6 Å². The van der Waals surface area contributed by atoms with E-state index in [1.54, 1.807) is 17.0 Å². The molecule has 9 heteroatoms. The van der Waals surface area contributed by atoms with Gasteiger partial charge in [-0.25, -0.2) is 4.39 Å². The zero-order valence-corrected chi connectivity index (χ0v) is 20.5. The van der Waals surface area contributed by atoms with Gasteiger partial charge in [-0.1, -0.05) is 54.2 Å². The van der Waals surface area contributed by atoms with E-state index in [1.165, 1.54) is 30.0 Å². The molecule has 3 nitrogen and oxygen atoms in total. The molecule has 0 aromatic heterocycles. The van der Waals surface area contributed by atoms with Crippen LogP contribution in [0.2, 0.25) is 0 Å². The third kappa shape index (κ3) is 6.41. The molecule has 0 aliphatic carbocycles. The Bertz CT molecular complexity index is 1240. The van der Waals surface area contributed by atoms with Crippen LogP contribution in [0.15, 0.2) is 77.8 Å². The lowest BCUT2D eigenvalue weighted by Crippen LogP contribution is -2.35. The summed E-state index contributed by atoms with van der Waals surface area (Å²) in [6, 6.07) is 19.0. The van der Waals surface area contributed by atoms with Crippen LogP contribution in [0.4, 0.5) is 23.2 Å². The number of nitrogens with zero attached hydrogens (tertiary/aromatic N) is 2. The van der Waals surface area contributed by atoms with Gasteiger partial charge in [-0.3, -0.25) is 9.89 Å². The zero-order valence-electron chi connectivity index (χ0n) is 18.8. The summed E-state index contributed by atoms with van der Waals surface area (Å²) in [4.78, 5) is 6.81. The maximum atomic E-state index is 13.8. The Morgan fingerprint density at radius 2 is 1.86 bits per heavy atom. The monoisotopic (exact) mass is 517 g/mol. The molecule has 0 spiro atoms. The molecule has 0 saturated carbocycles. The fourth-order valence-corrected chi connectivity index (χ4v) is 5.22. The number of nitrogens with one attached hydrogen (secondary N) is 1. The summed E-state index contributed by atoms with van der Waals surface area (Å²) < 4.78 is 53.1. The molecule has 3 aromatic carbocycles. The van der Waals surface area contributed by atoms with E-state index in [0.717, 1.165) is 34.6 Å². The number of aliphatic imine (C=N–C) groups is 1.